The van der Waals surface area contributed by atoms with Gasteiger partial charge < -0.3 is 4.74 Å². The van der Waals surface area contributed by atoms with Crippen LogP contribution < -0.4 is 4.74 Å². The average molecular weight is 515 g/mol. The van der Waals surface area contributed by atoms with Crippen molar-refractivity contribution in [2.24, 2.45) is 0 Å². The zero-order valence-electron chi connectivity index (χ0n) is 17.4. The quantitative estimate of drug-likeness (QED) is 0.197. The summed E-state index contributed by atoms with van der Waals surface area (Å²) in [6, 6.07) is 18.2. The number of nitrogens with zero attached hydrogens (tertiary/aromatic N) is 2. The van der Waals surface area contributed by atoms with E-state index in [2.05, 4.69) is 0 Å². The predicted octanol–water partition coefficient (Wildman–Crippen LogP) is 6.72. The molecule has 0 N–H and O–H groups in total. The number of amides is 2. The molecule has 10 heteroatoms. The summed E-state index contributed by atoms with van der Waals surface area (Å²) in [6.45, 7) is 0.0959. The monoisotopic (exact) mass is 514 g/mol. The van der Waals surface area contributed by atoms with Gasteiger partial charge in [0.05, 0.1) is 32.0 Å². The smallest absolute Gasteiger partial charge is 0.293 e. The fraction of sp³-hybridized carbons (Fsp3) is 0.0833. The SMILES string of the molecule is O=C1S/C(=C\c2cccc(OCc3ccccc3[N+](=O)[O-])c2)C(=O)N1Cc1ccc(Cl)c(Cl)c1. The molecule has 2 amide bonds. The van der Waals surface area contributed by atoms with Gasteiger partial charge in [-0.2, -0.15) is 0 Å². The van der Waals surface area contributed by atoms with Crippen LogP contribution in [0.3, 0.4) is 0 Å². The van der Waals surface area contributed by atoms with Gasteiger partial charge in [-0.15, -0.1) is 0 Å². The van der Waals surface area contributed by atoms with Gasteiger partial charge in [-0.1, -0.05) is 53.5 Å². The number of carbonyl (C=O) groups excluding carboxylic acids is 2. The number of benzene rings is 3. The molecule has 0 aliphatic carbocycles. The number of hydrogen-bond donors (Lipinski definition) is 0. The van der Waals surface area contributed by atoms with E-state index in [1.54, 1.807) is 66.7 Å². The molecule has 34 heavy (non-hydrogen) atoms. The van der Waals surface area contributed by atoms with E-state index in [0.29, 0.717) is 32.5 Å². The molecule has 3 aromatic rings. The van der Waals surface area contributed by atoms with Crippen LogP contribution in [-0.4, -0.2) is 21.0 Å². The van der Waals surface area contributed by atoms with Crippen LogP contribution in [0.2, 0.25) is 10.0 Å². The van der Waals surface area contributed by atoms with Crippen molar-refractivity contribution in [1.29, 1.82) is 0 Å². The average Bonchev–Trinajstić information content (AvgIpc) is 3.07. The van der Waals surface area contributed by atoms with Crippen molar-refractivity contribution in [1.82, 2.24) is 4.90 Å². The van der Waals surface area contributed by atoms with Crippen LogP contribution in [0.1, 0.15) is 16.7 Å². The third-order valence-electron chi connectivity index (χ3n) is 4.94. The molecule has 0 radical (unpaired) electrons. The summed E-state index contributed by atoms with van der Waals surface area (Å²) < 4.78 is 5.73. The normalized spacial score (nSPS) is 14.6. The van der Waals surface area contributed by atoms with E-state index < -0.39 is 10.8 Å². The number of rotatable bonds is 7. The van der Waals surface area contributed by atoms with Crippen molar-refractivity contribution in [2.45, 2.75) is 13.2 Å². The standard InChI is InChI=1S/C24H16Cl2N2O5S/c25-19-9-8-16(11-20(19)26)13-27-23(29)22(34-24(27)30)12-15-4-3-6-18(10-15)33-14-17-5-1-2-7-21(17)28(31)32/h1-12H,13-14H2/b22-12-. The van der Waals surface area contributed by atoms with Gasteiger partial charge in [0.15, 0.2) is 0 Å². The Morgan fingerprint density at radius 2 is 1.79 bits per heavy atom. The molecule has 1 heterocycles. The number of nitro benzene ring substituents is 1. The van der Waals surface area contributed by atoms with Crippen molar-refractivity contribution in [3.8, 4) is 5.75 Å². The molecule has 0 spiro atoms. The minimum Gasteiger partial charge on any atom is -0.489 e. The zero-order valence-corrected chi connectivity index (χ0v) is 19.8. The largest absolute Gasteiger partial charge is 0.489 e. The number of halogens is 2. The number of nitro groups is 1. The second-order valence-corrected chi connectivity index (χ2v) is 9.07. The number of para-hydroxylation sites is 1. The topological polar surface area (TPSA) is 89.7 Å². The highest BCUT2D eigenvalue weighted by Gasteiger charge is 2.35. The van der Waals surface area contributed by atoms with Crippen LogP contribution in [0.15, 0.2) is 71.6 Å². The number of carbonyl (C=O) groups is 2. The van der Waals surface area contributed by atoms with E-state index in [9.17, 15) is 19.7 Å². The van der Waals surface area contributed by atoms with Crippen molar-refractivity contribution >= 4 is 57.9 Å². The lowest BCUT2D eigenvalue weighted by atomic mass is 10.1. The number of imide groups is 1. The zero-order chi connectivity index (χ0) is 24.2. The molecule has 0 aromatic heterocycles. The van der Waals surface area contributed by atoms with E-state index >= 15 is 0 Å². The molecule has 1 saturated heterocycles. The Morgan fingerprint density at radius 1 is 1.00 bits per heavy atom. The van der Waals surface area contributed by atoms with Crippen LogP contribution in [-0.2, 0) is 17.9 Å². The van der Waals surface area contributed by atoms with E-state index in [1.807, 2.05) is 0 Å². The lowest BCUT2D eigenvalue weighted by molar-refractivity contribution is -0.385. The van der Waals surface area contributed by atoms with Crippen LogP contribution in [0, 0.1) is 10.1 Å². The van der Waals surface area contributed by atoms with Crippen LogP contribution in [0.5, 0.6) is 5.75 Å². The molecular weight excluding hydrogens is 499 g/mol. The van der Waals surface area contributed by atoms with Gasteiger partial charge in [0.1, 0.15) is 12.4 Å². The first kappa shape index (κ1) is 23.8. The molecule has 172 valence electrons. The maximum atomic E-state index is 12.8. The van der Waals surface area contributed by atoms with Crippen molar-refractivity contribution in [3.05, 3.63) is 108 Å². The summed E-state index contributed by atoms with van der Waals surface area (Å²) in [6.07, 6.45) is 1.61. The lowest BCUT2D eigenvalue weighted by Crippen LogP contribution is -2.27. The minimum absolute atomic E-state index is 0.0147. The third-order valence-corrected chi connectivity index (χ3v) is 6.58. The molecule has 0 saturated carbocycles. The fourth-order valence-corrected chi connectivity index (χ4v) is 4.43. The maximum Gasteiger partial charge on any atom is 0.293 e. The van der Waals surface area contributed by atoms with Crippen LogP contribution in [0.25, 0.3) is 6.08 Å². The second kappa shape index (κ2) is 10.3. The molecular formula is C24H16Cl2N2O5S. The summed E-state index contributed by atoms with van der Waals surface area (Å²) >= 11 is 12.8. The summed E-state index contributed by atoms with van der Waals surface area (Å²) in [5.74, 6) is 0.0641. The minimum atomic E-state index is -0.455. The number of thioether (sulfide) groups is 1. The van der Waals surface area contributed by atoms with Gasteiger partial charge in [-0.05, 0) is 59.3 Å². The summed E-state index contributed by atoms with van der Waals surface area (Å²) in [7, 11) is 0. The molecule has 0 unspecified atom stereocenters. The molecule has 3 aromatic carbocycles. The highest BCUT2D eigenvalue weighted by Crippen LogP contribution is 2.34. The molecule has 0 atom stereocenters. The maximum absolute atomic E-state index is 12.8. The van der Waals surface area contributed by atoms with Gasteiger partial charge in [0.25, 0.3) is 16.8 Å². The summed E-state index contributed by atoms with van der Waals surface area (Å²) in [4.78, 5) is 37.4. The predicted molar refractivity (Wildman–Crippen MR) is 132 cm³/mol. The Hall–Kier alpha value is -3.33. The first-order valence-corrected chi connectivity index (χ1v) is 11.5. The number of ether oxygens (including phenoxy) is 1. The van der Waals surface area contributed by atoms with Gasteiger partial charge >= 0.3 is 0 Å². The third kappa shape index (κ3) is 5.41. The molecule has 1 aliphatic rings. The molecule has 1 aliphatic heterocycles. The van der Waals surface area contributed by atoms with E-state index in [4.69, 9.17) is 27.9 Å². The van der Waals surface area contributed by atoms with Gasteiger partial charge in [0, 0.05) is 6.07 Å². The Labute approximate surface area is 209 Å². The lowest BCUT2D eigenvalue weighted by Gasteiger charge is -2.13. The first-order valence-electron chi connectivity index (χ1n) is 9.96. The number of hydrogen-bond acceptors (Lipinski definition) is 6. The van der Waals surface area contributed by atoms with Gasteiger partial charge in [0.2, 0.25) is 0 Å². The van der Waals surface area contributed by atoms with Crippen LogP contribution >= 0.6 is 35.0 Å². The highest BCUT2D eigenvalue weighted by atomic mass is 35.5. The summed E-state index contributed by atoms with van der Waals surface area (Å²) in [5, 5.41) is 11.5. The van der Waals surface area contributed by atoms with Crippen molar-refractivity contribution in [2.75, 3.05) is 0 Å². The van der Waals surface area contributed by atoms with Crippen LogP contribution in [0.4, 0.5) is 10.5 Å². The molecule has 4 rings (SSSR count). The Kier molecular flexibility index (Phi) is 7.21. The molecule has 7 nitrogen and oxygen atoms in total. The first-order chi connectivity index (χ1) is 16.3. The molecule has 1 fully saturated rings. The molecule has 0 bridgehead atoms. The van der Waals surface area contributed by atoms with E-state index in [1.165, 1.54) is 6.07 Å². The highest BCUT2D eigenvalue weighted by molar-refractivity contribution is 8.18. The Balaban J connectivity index is 1.47. The van der Waals surface area contributed by atoms with Gasteiger partial charge in [-0.25, -0.2) is 0 Å². The Morgan fingerprint density at radius 3 is 2.56 bits per heavy atom. The van der Waals surface area contributed by atoms with Crippen molar-refractivity contribution < 1.29 is 19.2 Å². The second-order valence-electron chi connectivity index (χ2n) is 7.26. The van der Waals surface area contributed by atoms with Crippen molar-refractivity contribution in [3.63, 3.8) is 0 Å². The van der Waals surface area contributed by atoms with E-state index in [0.717, 1.165) is 16.7 Å². The summed E-state index contributed by atoms with van der Waals surface area (Å²) in [5.41, 5.74) is 1.76. The fourth-order valence-electron chi connectivity index (χ4n) is 3.27. The van der Waals surface area contributed by atoms with E-state index in [-0.39, 0.29) is 29.0 Å². The van der Waals surface area contributed by atoms with Gasteiger partial charge in [-0.3, -0.25) is 24.6 Å². The Bertz CT molecular complexity index is 1330.